The summed E-state index contributed by atoms with van der Waals surface area (Å²) in [7, 11) is 3.28. The minimum Gasteiger partial charge on any atom is -0.383 e. The lowest BCUT2D eigenvalue weighted by Crippen LogP contribution is -2.46. The molecule has 1 aliphatic rings. The summed E-state index contributed by atoms with van der Waals surface area (Å²) < 4.78 is 10.3. The van der Waals surface area contributed by atoms with Crippen LogP contribution in [0.15, 0.2) is 0 Å². The molecule has 96 valence electrons. The van der Waals surface area contributed by atoms with Gasteiger partial charge in [-0.15, -0.1) is 12.4 Å². The van der Waals surface area contributed by atoms with Gasteiger partial charge >= 0.3 is 0 Å². The van der Waals surface area contributed by atoms with Crippen LogP contribution in [0.5, 0.6) is 0 Å². The Balaban J connectivity index is 0.00000225. The van der Waals surface area contributed by atoms with E-state index in [0.717, 1.165) is 19.4 Å². The lowest BCUT2D eigenvalue weighted by Gasteiger charge is -2.23. The van der Waals surface area contributed by atoms with Gasteiger partial charge in [-0.05, 0) is 12.8 Å². The van der Waals surface area contributed by atoms with Crippen LogP contribution in [0.3, 0.4) is 0 Å². The molecule has 1 rings (SSSR count). The number of halogens is 1. The van der Waals surface area contributed by atoms with E-state index in [9.17, 15) is 4.79 Å². The molecule has 0 spiro atoms. The van der Waals surface area contributed by atoms with E-state index < -0.39 is 6.04 Å². The summed E-state index contributed by atoms with van der Waals surface area (Å²) in [6.07, 6.45) is 2.28. The first-order valence-corrected chi connectivity index (χ1v) is 5.26. The molecule has 0 aromatic rings. The summed E-state index contributed by atoms with van der Waals surface area (Å²) >= 11 is 0. The number of carbonyl (C=O) groups is 1. The first kappa shape index (κ1) is 15.6. The zero-order valence-electron chi connectivity index (χ0n) is 9.85. The van der Waals surface area contributed by atoms with Gasteiger partial charge in [-0.1, -0.05) is 0 Å². The third-order valence-corrected chi connectivity index (χ3v) is 2.54. The van der Waals surface area contributed by atoms with Gasteiger partial charge in [-0.2, -0.15) is 0 Å². The summed E-state index contributed by atoms with van der Waals surface area (Å²) in [6, 6.07) is -0.568. The second kappa shape index (κ2) is 7.84. The van der Waals surface area contributed by atoms with Gasteiger partial charge in [0.05, 0.1) is 12.7 Å². The predicted molar refractivity (Wildman–Crippen MR) is 63.7 cm³/mol. The van der Waals surface area contributed by atoms with Crippen LogP contribution in [0, 0.1) is 0 Å². The summed E-state index contributed by atoms with van der Waals surface area (Å²) in [4.78, 5) is 13.3. The summed E-state index contributed by atoms with van der Waals surface area (Å²) in [6.45, 7) is 1.68. The largest absolute Gasteiger partial charge is 0.383 e. The van der Waals surface area contributed by atoms with Crippen molar-refractivity contribution in [1.82, 2.24) is 4.90 Å². The smallest absolute Gasteiger partial charge is 0.241 e. The molecule has 0 bridgehead atoms. The molecule has 0 aliphatic carbocycles. The van der Waals surface area contributed by atoms with E-state index in [2.05, 4.69) is 0 Å². The number of amides is 1. The number of nitrogens with zero attached hydrogens (tertiary/aromatic N) is 1. The van der Waals surface area contributed by atoms with Crippen molar-refractivity contribution in [3.05, 3.63) is 0 Å². The molecular formula is C10H21ClN2O3. The summed E-state index contributed by atoms with van der Waals surface area (Å²) in [5.41, 5.74) is 5.65. The molecule has 0 aromatic heterocycles. The fourth-order valence-corrected chi connectivity index (χ4v) is 1.72. The van der Waals surface area contributed by atoms with Crippen molar-refractivity contribution in [1.29, 1.82) is 0 Å². The van der Waals surface area contributed by atoms with Crippen molar-refractivity contribution in [2.45, 2.75) is 25.0 Å². The van der Waals surface area contributed by atoms with E-state index in [1.165, 1.54) is 7.11 Å². The number of hydrogen-bond donors (Lipinski definition) is 1. The number of carbonyl (C=O) groups excluding carboxylic acids is 1. The molecule has 1 aliphatic heterocycles. The quantitative estimate of drug-likeness (QED) is 0.749. The van der Waals surface area contributed by atoms with Gasteiger partial charge < -0.3 is 20.1 Å². The second-order valence-electron chi connectivity index (χ2n) is 3.92. The molecule has 0 saturated carbocycles. The topological polar surface area (TPSA) is 64.8 Å². The number of nitrogens with two attached hydrogens (primary N) is 1. The van der Waals surface area contributed by atoms with E-state index in [1.807, 2.05) is 0 Å². The number of rotatable bonds is 5. The van der Waals surface area contributed by atoms with Crippen molar-refractivity contribution in [3.63, 3.8) is 0 Å². The van der Waals surface area contributed by atoms with E-state index in [0.29, 0.717) is 6.54 Å². The Hall–Kier alpha value is -0.360. The van der Waals surface area contributed by atoms with Crippen molar-refractivity contribution >= 4 is 18.3 Å². The fraction of sp³-hybridized carbons (Fsp3) is 0.900. The number of ether oxygens (including phenoxy) is 2. The highest BCUT2D eigenvalue weighted by Gasteiger charge is 2.23. The van der Waals surface area contributed by atoms with Crippen LogP contribution >= 0.6 is 12.4 Å². The van der Waals surface area contributed by atoms with Crippen LogP contribution in [0.4, 0.5) is 0 Å². The summed E-state index contributed by atoms with van der Waals surface area (Å²) in [5, 5.41) is 0. The summed E-state index contributed by atoms with van der Waals surface area (Å²) in [5.74, 6) is -0.0904. The average molecular weight is 253 g/mol. The minimum absolute atomic E-state index is 0. The number of hydrogen-bond acceptors (Lipinski definition) is 4. The van der Waals surface area contributed by atoms with E-state index >= 15 is 0 Å². The first-order valence-electron chi connectivity index (χ1n) is 5.26. The zero-order chi connectivity index (χ0) is 11.3. The van der Waals surface area contributed by atoms with Crippen molar-refractivity contribution < 1.29 is 14.3 Å². The van der Waals surface area contributed by atoms with Gasteiger partial charge in [0.2, 0.25) is 5.91 Å². The molecule has 1 fully saturated rings. The molecule has 2 unspecified atom stereocenters. The molecule has 2 N–H and O–H groups in total. The lowest BCUT2D eigenvalue weighted by molar-refractivity contribution is -0.133. The molecular weight excluding hydrogens is 232 g/mol. The molecule has 2 atom stereocenters. The SMILES string of the molecule is COCC(N)C(=O)N(C)CC1CCCO1.Cl. The third-order valence-electron chi connectivity index (χ3n) is 2.54. The highest BCUT2D eigenvalue weighted by atomic mass is 35.5. The van der Waals surface area contributed by atoms with E-state index in [1.54, 1.807) is 11.9 Å². The maximum atomic E-state index is 11.7. The Bertz CT molecular complexity index is 210. The highest BCUT2D eigenvalue weighted by molar-refractivity contribution is 5.85. The standard InChI is InChI=1S/C10H20N2O3.ClH/c1-12(6-8-4-3-5-15-8)10(13)9(11)7-14-2;/h8-9H,3-7,11H2,1-2H3;1H. The molecule has 0 aromatic carbocycles. The monoisotopic (exact) mass is 252 g/mol. The maximum Gasteiger partial charge on any atom is 0.241 e. The van der Waals surface area contributed by atoms with Gasteiger partial charge in [0.15, 0.2) is 0 Å². The Morgan fingerprint density at radius 2 is 2.38 bits per heavy atom. The molecule has 6 heteroatoms. The predicted octanol–water partition coefficient (Wildman–Crippen LogP) is 0.0193. The molecule has 1 amide bonds. The molecule has 1 saturated heterocycles. The van der Waals surface area contributed by atoms with E-state index in [-0.39, 0.29) is 31.0 Å². The van der Waals surface area contributed by atoms with Crippen LogP contribution < -0.4 is 5.73 Å². The molecule has 16 heavy (non-hydrogen) atoms. The fourth-order valence-electron chi connectivity index (χ4n) is 1.72. The minimum atomic E-state index is -0.568. The number of likely N-dealkylation sites (N-methyl/N-ethyl adjacent to an activating group) is 1. The molecule has 1 heterocycles. The Kier molecular flexibility index (Phi) is 7.66. The van der Waals surface area contributed by atoms with Crippen molar-refractivity contribution in [2.75, 3.05) is 33.9 Å². The normalized spacial score (nSPS) is 21.3. The van der Waals surface area contributed by atoms with Crippen LogP contribution in [-0.2, 0) is 14.3 Å². The maximum absolute atomic E-state index is 11.7. The van der Waals surface area contributed by atoms with Gasteiger partial charge in [0.25, 0.3) is 0 Å². The Morgan fingerprint density at radius 1 is 1.69 bits per heavy atom. The van der Waals surface area contributed by atoms with E-state index in [4.69, 9.17) is 15.2 Å². The molecule has 0 radical (unpaired) electrons. The Morgan fingerprint density at radius 3 is 2.88 bits per heavy atom. The first-order chi connectivity index (χ1) is 7.15. The van der Waals surface area contributed by atoms with Gasteiger partial charge in [0.1, 0.15) is 6.04 Å². The zero-order valence-corrected chi connectivity index (χ0v) is 10.7. The second-order valence-corrected chi connectivity index (χ2v) is 3.92. The highest BCUT2D eigenvalue weighted by Crippen LogP contribution is 2.12. The molecule has 5 nitrogen and oxygen atoms in total. The number of methoxy groups -OCH3 is 1. The van der Waals surface area contributed by atoms with Gasteiger partial charge in [0, 0.05) is 27.3 Å². The van der Waals surface area contributed by atoms with Crippen LogP contribution in [-0.4, -0.2) is 56.9 Å². The van der Waals surface area contributed by atoms with Crippen molar-refractivity contribution in [2.24, 2.45) is 5.73 Å². The van der Waals surface area contributed by atoms with Gasteiger partial charge in [-0.25, -0.2) is 0 Å². The van der Waals surface area contributed by atoms with Crippen LogP contribution in [0.1, 0.15) is 12.8 Å². The average Bonchev–Trinajstić information content (AvgIpc) is 2.69. The third kappa shape index (κ3) is 4.65. The lowest BCUT2D eigenvalue weighted by atomic mass is 10.2. The van der Waals surface area contributed by atoms with Crippen molar-refractivity contribution in [3.8, 4) is 0 Å². The van der Waals surface area contributed by atoms with Crippen LogP contribution in [0.25, 0.3) is 0 Å². The Labute approximate surface area is 103 Å². The van der Waals surface area contributed by atoms with Crippen LogP contribution in [0.2, 0.25) is 0 Å². The van der Waals surface area contributed by atoms with Gasteiger partial charge in [-0.3, -0.25) is 4.79 Å².